The molecule has 2 nitrogen and oxygen atoms in total. The lowest BCUT2D eigenvalue weighted by Gasteiger charge is -2.17. The van der Waals surface area contributed by atoms with Gasteiger partial charge in [0.2, 0.25) is 0 Å². The maximum absolute atomic E-state index is 11.1. The fourth-order valence-electron chi connectivity index (χ4n) is 4.97. The highest BCUT2D eigenvalue weighted by atomic mass is 35.5. The van der Waals surface area contributed by atoms with E-state index in [1.165, 1.54) is 82.6 Å². The van der Waals surface area contributed by atoms with Crippen molar-refractivity contribution in [1.82, 2.24) is 0 Å². The summed E-state index contributed by atoms with van der Waals surface area (Å²) in [6, 6.07) is 16.8. The predicted molar refractivity (Wildman–Crippen MR) is 158 cm³/mol. The van der Waals surface area contributed by atoms with Crippen molar-refractivity contribution < 1.29 is 4.79 Å². The van der Waals surface area contributed by atoms with E-state index in [0.717, 1.165) is 41.9 Å². The van der Waals surface area contributed by atoms with Crippen LogP contribution in [0.4, 0.5) is 5.69 Å². The van der Waals surface area contributed by atoms with Crippen molar-refractivity contribution in [3.8, 4) is 0 Å². The van der Waals surface area contributed by atoms with Gasteiger partial charge >= 0.3 is 0 Å². The normalized spacial score (nSPS) is 12.7. The van der Waals surface area contributed by atoms with Crippen LogP contribution >= 0.6 is 11.6 Å². The van der Waals surface area contributed by atoms with Crippen molar-refractivity contribution in [3.63, 3.8) is 0 Å². The molecule has 2 atom stereocenters. The smallest absolute Gasteiger partial charge is 0.127 e. The Morgan fingerprint density at radius 3 is 1.92 bits per heavy atom. The zero-order valence-corrected chi connectivity index (χ0v) is 23.3. The molecule has 0 saturated carbocycles. The molecule has 2 unspecified atom stereocenters. The van der Waals surface area contributed by atoms with Gasteiger partial charge in [0, 0.05) is 23.2 Å². The van der Waals surface area contributed by atoms with Crippen molar-refractivity contribution in [3.05, 3.63) is 77.3 Å². The average Bonchev–Trinajstić information content (AvgIpc) is 2.90. The van der Waals surface area contributed by atoms with Crippen LogP contribution in [0.1, 0.15) is 120 Å². The van der Waals surface area contributed by atoms with Gasteiger partial charge in [-0.2, -0.15) is 0 Å². The van der Waals surface area contributed by atoms with Crippen LogP contribution in [0.2, 0.25) is 5.02 Å². The fraction of sp³-hybridized carbons (Fsp3) is 0.545. The third-order valence-corrected chi connectivity index (χ3v) is 7.56. The minimum Gasteiger partial charge on any atom is -0.385 e. The molecule has 1 N–H and O–H groups in total. The summed E-state index contributed by atoms with van der Waals surface area (Å²) in [6.45, 7) is 6.94. The molecular weight excluding hydrogens is 462 g/mol. The van der Waals surface area contributed by atoms with E-state index < -0.39 is 0 Å². The number of nitrogens with one attached hydrogen (secondary N) is 1. The van der Waals surface area contributed by atoms with Gasteiger partial charge in [0.15, 0.2) is 0 Å². The minimum absolute atomic E-state index is 0.0257. The number of carbonyl (C=O) groups is 1. The lowest BCUT2D eigenvalue weighted by atomic mass is 9.88. The molecule has 0 aliphatic rings. The second-order valence-corrected chi connectivity index (χ2v) is 10.6. The standard InChI is InChI=1S/C33H48ClNO/c1-3-5-13-16-29(31-18-22-32(34)23-19-31)17-14-11-9-7-6-8-10-12-15-26-35-33-24-20-30(21-25-33)28(4-2)27-36/h3,18-25,27-29,35H,1,4-17,26H2,2H3. The first-order valence-corrected chi connectivity index (χ1v) is 14.7. The van der Waals surface area contributed by atoms with Gasteiger partial charge in [-0.15, -0.1) is 6.58 Å². The Morgan fingerprint density at radius 1 is 0.778 bits per heavy atom. The summed E-state index contributed by atoms with van der Waals surface area (Å²) in [4.78, 5) is 11.1. The monoisotopic (exact) mass is 509 g/mol. The van der Waals surface area contributed by atoms with E-state index in [-0.39, 0.29) is 5.92 Å². The maximum atomic E-state index is 11.1. The SMILES string of the molecule is C=CCCCC(CCCCCCCCCCCNc1ccc(C(C=O)CC)cc1)c1ccc(Cl)cc1. The van der Waals surface area contributed by atoms with Crippen molar-refractivity contribution in [2.24, 2.45) is 0 Å². The quantitative estimate of drug-likeness (QED) is 0.103. The van der Waals surface area contributed by atoms with Crippen molar-refractivity contribution in [1.29, 1.82) is 0 Å². The summed E-state index contributed by atoms with van der Waals surface area (Å²) in [5.74, 6) is 0.677. The first kappa shape index (κ1) is 30.2. The Hall–Kier alpha value is -2.06. The Bertz CT molecular complexity index is 830. The molecular formula is C33H48ClNO. The molecule has 36 heavy (non-hydrogen) atoms. The number of hydrogen-bond acceptors (Lipinski definition) is 2. The van der Waals surface area contributed by atoms with Gasteiger partial charge in [0.05, 0.1) is 0 Å². The lowest BCUT2D eigenvalue weighted by Crippen LogP contribution is -2.02. The molecule has 2 rings (SSSR count). The largest absolute Gasteiger partial charge is 0.385 e. The molecule has 0 radical (unpaired) electrons. The zero-order chi connectivity index (χ0) is 25.8. The zero-order valence-electron chi connectivity index (χ0n) is 22.5. The van der Waals surface area contributed by atoms with Gasteiger partial charge in [0.25, 0.3) is 0 Å². The number of allylic oxidation sites excluding steroid dienone is 1. The Morgan fingerprint density at radius 2 is 1.33 bits per heavy atom. The van der Waals surface area contributed by atoms with Crippen LogP contribution in [0, 0.1) is 0 Å². The second-order valence-electron chi connectivity index (χ2n) is 10.1. The van der Waals surface area contributed by atoms with Crippen molar-refractivity contribution in [2.45, 2.75) is 109 Å². The molecule has 2 aromatic carbocycles. The highest BCUT2D eigenvalue weighted by Crippen LogP contribution is 2.29. The summed E-state index contributed by atoms with van der Waals surface area (Å²) in [5.41, 5.74) is 3.71. The molecule has 0 saturated heterocycles. The molecule has 0 fully saturated rings. The van der Waals surface area contributed by atoms with E-state index in [9.17, 15) is 4.79 Å². The Balaban J connectivity index is 1.48. The summed E-state index contributed by atoms with van der Waals surface area (Å²) >= 11 is 6.09. The van der Waals surface area contributed by atoms with E-state index in [1.54, 1.807) is 0 Å². The molecule has 0 aliphatic heterocycles. The lowest BCUT2D eigenvalue weighted by molar-refractivity contribution is -0.109. The first-order valence-electron chi connectivity index (χ1n) is 14.3. The van der Waals surface area contributed by atoms with E-state index in [4.69, 9.17) is 11.6 Å². The highest BCUT2D eigenvalue weighted by molar-refractivity contribution is 6.30. The summed E-state index contributed by atoms with van der Waals surface area (Å²) in [5, 5.41) is 4.34. The van der Waals surface area contributed by atoms with Crippen LogP contribution in [-0.2, 0) is 4.79 Å². The third-order valence-electron chi connectivity index (χ3n) is 7.30. The molecule has 198 valence electrons. The molecule has 3 heteroatoms. The number of hydrogen-bond donors (Lipinski definition) is 1. The van der Waals surface area contributed by atoms with E-state index in [2.05, 4.69) is 55.2 Å². The molecule has 0 bridgehead atoms. The van der Waals surface area contributed by atoms with Crippen molar-refractivity contribution >= 4 is 23.6 Å². The average molecular weight is 510 g/mol. The molecule has 0 aromatic heterocycles. The molecule has 0 heterocycles. The number of unbranched alkanes of at least 4 members (excludes halogenated alkanes) is 9. The van der Waals surface area contributed by atoms with E-state index in [1.807, 2.05) is 18.2 Å². The number of anilines is 1. The molecule has 0 amide bonds. The topological polar surface area (TPSA) is 29.1 Å². The van der Waals surface area contributed by atoms with Gasteiger partial charge in [0.1, 0.15) is 6.29 Å². The maximum Gasteiger partial charge on any atom is 0.127 e. The molecule has 0 aliphatic carbocycles. The fourth-order valence-corrected chi connectivity index (χ4v) is 5.09. The van der Waals surface area contributed by atoms with Crippen molar-refractivity contribution in [2.75, 3.05) is 11.9 Å². The van der Waals surface area contributed by atoms with Gasteiger partial charge in [-0.25, -0.2) is 0 Å². The third kappa shape index (κ3) is 12.3. The molecule has 0 spiro atoms. The predicted octanol–water partition coefficient (Wildman–Crippen LogP) is 10.5. The summed E-state index contributed by atoms with van der Waals surface area (Å²) in [7, 11) is 0. The number of carbonyl (C=O) groups excluding carboxylic acids is 1. The minimum atomic E-state index is 0.0257. The Labute approximate surface area is 225 Å². The molecule has 2 aromatic rings. The van der Waals surface area contributed by atoms with Crippen LogP contribution in [0.25, 0.3) is 0 Å². The number of halogens is 1. The number of aldehydes is 1. The van der Waals surface area contributed by atoms with Crippen LogP contribution in [0.3, 0.4) is 0 Å². The van der Waals surface area contributed by atoms with Gasteiger partial charge in [-0.1, -0.05) is 100 Å². The van der Waals surface area contributed by atoms with Crippen LogP contribution < -0.4 is 5.32 Å². The highest BCUT2D eigenvalue weighted by Gasteiger charge is 2.11. The van der Waals surface area contributed by atoms with Crippen LogP contribution in [-0.4, -0.2) is 12.8 Å². The van der Waals surface area contributed by atoms with Gasteiger partial charge in [-0.05, 0) is 79.8 Å². The summed E-state index contributed by atoms with van der Waals surface area (Å²) < 4.78 is 0. The number of benzene rings is 2. The first-order chi connectivity index (χ1) is 17.7. The number of rotatable bonds is 21. The van der Waals surface area contributed by atoms with E-state index >= 15 is 0 Å². The second kappa shape index (κ2) is 19.1. The van der Waals surface area contributed by atoms with Gasteiger partial charge < -0.3 is 10.1 Å². The Kier molecular flexibility index (Phi) is 16.0. The van der Waals surface area contributed by atoms with Gasteiger partial charge in [-0.3, -0.25) is 0 Å². The van der Waals surface area contributed by atoms with Crippen LogP contribution in [0.15, 0.2) is 61.2 Å². The van der Waals surface area contributed by atoms with E-state index in [0.29, 0.717) is 5.92 Å². The van der Waals surface area contributed by atoms with Crippen LogP contribution in [0.5, 0.6) is 0 Å². The summed E-state index contributed by atoms with van der Waals surface area (Å²) in [6.07, 6.45) is 20.8.